The van der Waals surface area contributed by atoms with E-state index in [2.05, 4.69) is 17.0 Å². The van der Waals surface area contributed by atoms with Crippen LogP contribution in [0.1, 0.15) is 35.8 Å². The first-order valence-corrected chi connectivity index (χ1v) is 6.16. The normalized spacial score (nSPS) is 10.8. The zero-order valence-electron chi connectivity index (χ0n) is 10.3. The molecule has 0 aliphatic carbocycles. The van der Waals surface area contributed by atoms with E-state index in [-0.39, 0.29) is 5.56 Å². The highest BCUT2D eigenvalue weighted by molar-refractivity contribution is 6.34. The summed E-state index contributed by atoms with van der Waals surface area (Å²) in [5, 5.41) is 4.48. The topological polar surface area (TPSA) is 56.5 Å². The molecule has 0 radical (unpaired) electrons. The lowest BCUT2D eigenvalue weighted by Crippen LogP contribution is -2.09. The Hall–Kier alpha value is -1.62. The number of esters is 1. The molecule has 0 saturated carbocycles. The summed E-state index contributed by atoms with van der Waals surface area (Å²) in [6.07, 6.45) is 4.36. The number of ether oxygens (including phenoxy) is 1. The van der Waals surface area contributed by atoms with Crippen molar-refractivity contribution in [1.82, 2.24) is 14.6 Å². The predicted molar refractivity (Wildman–Crippen MR) is 67.9 cm³/mol. The van der Waals surface area contributed by atoms with Gasteiger partial charge in [-0.25, -0.2) is 14.3 Å². The maximum absolute atomic E-state index is 11.7. The van der Waals surface area contributed by atoms with Crippen LogP contribution in [0.2, 0.25) is 5.02 Å². The van der Waals surface area contributed by atoms with Crippen LogP contribution in [0.15, 0.2) is 12.4 Å². The molecule has 0 aromatic carbocycles. The summed E-state index contributed by atoms with van der Waals surface area (Å²) in [6.45, 7) is 2.11. The van der Waals surface area contributed by atoms with Gasteiger partial charge in [-0.05, 0) is 18.9 Å². The van der Waals surface area contributed by atoms with E-state index in [9.17, 15) is 4.79 Å². The van der Waals surface area contributed by atoms with Crippen molar-refractivity contribution in [2.75, 3.05) is 7.11 Å². The quantitative estimate of drug-likeness (QED) is 0.799. The van der Waals surface area contributed by atoms with Crippen LogP contribution in [0.4, 0.5) is 0 Å². The molecule has 0 N–H and O–H groups in total. The fourth-order valence-electron chi connectivity index (χ4n) is 1.84. The summed E-state index contributed by atoms with van der Waals surface area (Å²) in [5.41, 5.74) is 1.65. The maximum atomic E-state index is 11.7. The third-order valence-corrected chi connectivity index (χ3v) is 3.05. The molecule has 2 heterocycles. The number of hydrogen-bond donors (Lipinski definition) is 0. The monoisotopic (exact) mass is 267 g/mol. The van der Waals surface area contributed by atoms with Crippen molar-refractivity contribution in [3.63, 3.8) is 0 Å². The highest BCUT2D eigenvalue weighted by atomic mass is 35.5. The molecule has 6 heteroatoms. The number of nitrogens with zero attached hydrogens (tertiary/aromatic N) is 3. The average Bonchev–Trinajstić information content (AvgIpc) is 2.84. The summed E-state index contributed by atoms with van der Waals surface area (Å²) in [4.78, 5) is 15.8. The van der Waals surface area contributed by atoms with Crippen molar-refractivity contribution in [3.05, 3.63) is 28.7 Å². The van der Waals surface area contributed by atoms with E-state index >= 15 is 0 Å². The van der Waals surface area contributed by atoms with E-state index < -0.39 is 5.97 Å². The zero-order chi connectivity index (χ0) is 13.1. The average molecular weight is 268 g/mol. The second-order valence-electron chi connectivity index (χ2n) is 3.95. The Morgan fingerprint density at radius 3 is 3.00 bits per heavy atom. The molecule has 0 aliphatic heterocycles. The molecule has 96 valence electrons. The molecule has 0 amide bonds. The van der Waals surface area contributed by atoms with E-state index in [1.54, 1.807) is 10.6 Å². The first kappa shape index (κ1) is 12.8. The van der Waals surface area contributed by atoms with Crippen LogP contribution in [-0.2, 0) is 11.2 Å². The third-order valence-electron chi connectivity index (χ3n) is 2.75. The molecular formula is C12H14ClN3O2. The Bertz CT molecular complexity index is 580. The van der Waals surface area contributed by atoms with Gasteiger partial charge in [-0.15, -0.1) is 0 Å². The van der Waals surface area contributed by atoms with Gasteiger partial charge < -0.3 is 4.74 Å². The van der Waals surface area contributed by atoms with Gasteiger partial charge in [-0.3, -0.25) is 0 Å². The minimum absolute atomic E-state index is 0.261. The second-order valence-corrected chi connectivity index (χ2v) is 4.36. The number of unbranched alkanes of at least 4 members (excludes halogenated alkanes) is 1. The molecule has 0 atom stereocenters. The van der Waals surface area contributed by atoms with Crippen LogP contribution in [0.25, 0.3) is 5.65 Å². The minimum atomic E-state index is -0.500. The highest BCUT2D eigenvalue weighted by Crippen LogP contribution is 2.23. The maximum Gasteiger partial charge on any atom is 0.343 e. The number of aromatic nitrogens is 3. The molecule has 0 fully saturated rings. The first-order chi connectivity index (χ1) is 8.69. The van der Waals surface area contributed by atoms with Gasteiger partial charge in [0.25, 0.3) is 0 Å². The molecule has 18 heavy (non-hydrogen) atoms. The number of fused-ring (bicyclic) bond motifs is 1. The Labute approximate surface area is 110 Å². The van der Waals surface area contributed by atoms with E-state index in [0.29, 0.717) is 10.7 Å². The number of hydrogen-bond acceptors (Lipinski definition) is 4. The van der Waals surface area contributed by atoms with Crippen LogP contribution in [0, 0.1) is 0 Å². The van der Waals surface area contributed by atoms with Gasteiger partial charge in [0.2, 0.25) is 0 Å². The van der Waals surface area contributed by atoms with Gasteiger partial charge in [-0.1, -0.05) is 24.9 Å². The standard InChI is InChI=1S/C12H14ClN3O2/c1-3-4-5-8-6-9(13)10(12(17)18-2)11-14-7-15-16(8)11/h6-7H,3-5H2,1-2H3. The zero-order valence-corrected chi connectivity index (χ0v) is 11.1. The molecule has 2 aromatic rings. The van der Waals surface area contributed by atoms with Crippen LogP contribution in [-0.4, -0.2) is 27.7 Å². The van der Waals surface area contributed by atoms with Crippen molar-refractivity contribution < 1.29 is 9.53 Å². The van der Waals surface area contributed by atoms with Crippen LogP contribution < -0.4 is 0 Å². The van der Waals surface area contributed by atoms with Crippen molar-refractivity contribution in [2.45, 2.75) is 26.2 Å². The number of carbonyl (C=O) groups excluding carboxylic acids is 1. The highest BCUT2D eigenvalue weighted by Gasteiger charge is 2.19. The fraction of sp³-hybridized carbons (Fsp3) is 0.417. The minimum Gasteiger partial charge on any atom is -0.465 e. The largest absolute Gasteiger partial charge is 0.465 e. The molecule has 0 unspecified atom stereocenters. The van der Waals surface area contributed by atoms with Crippen LogP contribution in [0.5, 0.6) is 0 Å². The van der Waals surface area contributed by atoms with E-state index in [4.69, 9.17) is 16.3 Å². The lowest BCUT2D eigenvalue weighted by molar-refractivity contribution is 0.0602. The van der Waals surface area contributed by atoms with Crippen molar-refractivity contribution in [3.8, 4) is 0 Å². The van der Waals surface area contributed by atoms with E-state index in [1.165, 1.54) is 13.4 Å². The Morgan fingerprint density at radius 2 is 2.33 bits per heavy atom. The van der Waals surface area contributed by atoms with Gasteiger partial charge >= 0.3 is 5.97 Å². The summed E-state index contributed by atoms with van der Waals surface area (Å²) in [7, 11) is 1.32. The molecular weight excluding hydrogens is 254 g/mol. The number of methoxy groups -OCH3 is 1. The van der Waals surface area contributed by atoms with Gasteiger partial charge in [-0.2, -0.15) is 5.10 Å². The van der Waals surface area contributed by atoms with E-state index in [1.807, 2.05) is 0 Å². The van der Waals surface area contributed by atoms with Gasteiger partial charge in [0.05, 0.1) is 12.1 Å². The molecule has 0 aliphatic rings. The van der Waals surface area contributed by atoms with Crippen molar-refractivity contribution in [1.29, 1.82) is 0 Å². The predicted octanol–water partition coefficient (Wildman–Crippen LogP) is 2.51. The summed E-state index contributed by atoms with van der Waals surface area (Å²) >= 11 is 6.14. The summed E-state index contributed by atoms with van der Waals surface area (Å²) in [6, 6.07) is 1.76. The molecule has 0 saturated heterocycles. The smallest absolute Gasteiger partial charge is 0.343 e. The number of aryl methyl sites for hydroxylation is 1. The van der Waals surface area contributed by atoms with E-state index in [0.717, 1.165) is 25.0 Å². The van der Waals surface area contributed by atoms with Gasteiger partial charge in [0, 0.05) is 5.69 Å². The number of halogens is 1. The van der Waals surface area contributed by atoms with Gasteiger partial charge in [0.1, 0.15) is 11.9 Å². The molecule has 5 nitrogen and oxygen atoms in total. The summed E-state index contributed by atoms with van der Waals surface area (Å²) < 4.78 is 6.36. The van der Waals surface area contributed by atoms with Crippen LogP contribution >= 0.6 is 11.6 Å². The number of pyridine rings is 1. The number of rotatable bonds is 4. The molecule has 0 bridgehead atoms. The SMILES string of the molecule is CCCCc1cc(Cl)c(C(=O)OC)c2ncnn12. The molecule has 2 rings (SSSR count). The second kappa shape index (κ2) is 5.35. The third kappa shape index (κ3) is 2.18. The van der Waals surface area contributed by atoms with Crippen molar-refractivity contribution >= 4 is 23.2 Å². The number of carbonyl (C=O) groups is 1. The first-order valence-electron chi connectivity index (χ1n) is 5.78. The Balaban J connectivity index is 2.58. The molecule has 2 aromatic heterocycles. The lowest BCUT2D eigenvalue weighted by Gasteiger charge is -2.08. The van der Waals surface area contributed by atoms with Gasteiger partial charge in [0.15, 0.2) is 5.65 Å². The molecule has 0 spiro atoms. The fourth-order valence-corrected chi connectivity index (χ4v) is 2.12. The Kier molecular flexibility index (Phi) is 3.81. The summed E-state index contributed by atoms with van der Waals surface area (Å²) in [5.74, 6) is -0.500. The van der Waals surface area contributed by atoms with Crippen LogP contribution in [0.3, 0.4) is 0 Å². The Morgan fingerprint density at radius 1 is 1.56 bits per heavy atom. The lowest BCUT2D eigenvalue weighted by atomic mass is 10.1. The van der Waals surface area contributed by atoms with Crippen molar-refractivity contribution in [2.24, 2.45) is 0 Å².